The molecule has 5 nitrogen and oxygen atoms in total. The second-order valence-corrected chi connectivity index (χ2v) is 4.65. The number of nitrogens with one attached hydrogen (secondary N) is 1. The molecule has 17 heavy (non-hydrogen) atoms. The third-order valence-electron chi connectivity index (χ3n) is 3.16. The van der Waals surface area contributed by atoms with Gasteiger partial charge in [0.15, 0.2) is 0 Å². The quantitative estimate of drug-likeness (QED) is 0.700. The zero-order chi connectivity index (χ0) is 13.6. The largest absolute Gasteiger partial charge is 0.359 e. The third-order valence-corrected chi connectivity index (χ3v) is 3.16. The molecule has 5 heteroatoms. The molecule has 0 saturated heterocycles. The highest BCUT2D eigenvalue weighted by molar-refractivity contribution is 5.83. The van der Waals surface area contributed by atoms with Crippen molar-refractivity contribution in [1.82, 2.24) is 10.2 Å². The van der Waals surface area contributed by atoms with E-state index in [1.165, 1.54) is 4.90 Å². The van der Waals surface area contributed by atoms with Gasteiger partial charge < -0.3 is 16.0 Å². The Labute approximate surface area is 104 Å². The topological polar surface area (TPSA) is 75.4 Å². The summed E-state index contributed by atoms with van der Waals surface area (Å²) in [6, 6.07) is -0.484. The average molecular weight is 243 g/mol. The first-order valence-corrected chi connectivity index (χ1v) is 6.07. The Kier molecular flexibility index (Phi) is 6.80. The first kappa shape index (κ1) is 15.9. The Balaban J connectivity index is 4.36. The molecule has 0 aliphatic heterocycles. The van der Waals surface area contributed by atoms with E-state index >= 15 is 0 Å². The lowest BCUT2D eigenvalue weighted by Gasteiger charge is -2.26. The molecular weight excluding hydrogens is 218 g/mol. The molecule has 0 spiro atoms. The van der Waals surface area contributed by atoms with Gasteiger partial charge in [0.1, 0.15) is 0 Å². The van der Waals surface area contributed by atoms with Crippen LogP contribution in [0.1, 0.15) is 27.2 Å². The van der Waals surface area contributed by atoms with Crippen LogP contribution >= 0.6 is 0 Å². The number of amides is 2. The molecule has 0 bridgehead atoms. The average Bonchev–Trinajstić information content (AvgIpc) is 2.34. The van der Waals surface area contributed by atoms with Crippen molar-refractivity contribution in [3.05, 3.63) is 0 Å². The maximum atomic E-state index is 12.0. The van der Waals surface area contributed by atoms with Gasteiger partial charge in [0, 0.05) is 20.6 Å². The molecule has 0 saturated carbocycles. The molecule has 0 fully saturated rings. The van der Waals surface area contributed by atoms with E-state index in [0.29, 0.717) is 6.54 Å². The predicted octanol–water partition coefficient (Wildman–Crippen LogP) is 0.200. The standard InChI is InChI=1S/C12H25N3O2/c1-6-8(2)10(13)12(17)15(5)7-9(3)11(16)14-4/h8-10H,6-7,13H2,1-5H3,(H,14,16). The molecular formula is C12H25N3O2. The van der Waals surface area contributed by atoms with Crippen molar-refractivity contribution in [2.24, 2.45) is 17.6 Å². The van der Waals surface area contributed by atoms with Gasteiger partial charge in [-0.1, -0.05) is 27.2 Å². The van der Waals surface area contributed by atoms with Crippen LogP contribution < -0.4 is 11.1 Å². The second-order valence-electron chi connectivity index (χ2n) is 4.65. The van der Waals surface area contributed by atoms with Gasteiger partial charge >= 0.3 is 0 Å². The Morgan fingerprint density at radius 2 is 1.88 bits per heavy atom. The normalized spacial score (nSPS) is 15.9. The van der Waals surface area contributed by atoms with Crippen LogP contribution in [0, 0.1) is 11.8 Å². The lowest BCUT2D eigenvalue weighted by molar-refractivity contribution is -0.134. The van der Waals surface area contributed by atoms with Crippen molar-refractivity contribution in [3.8, 4) is 0 Å². The number of nitrogens with zero attached hydrogens (tertiary/aromatic N) is 1. The smallest absolute Gasteiger partial charge is 0.239 e. The van der Waals surface area contributed by atoms with E-state index in [9.17, 15) is 9.59 Å². The van der Waals surface area contributed by atoms with Gasteiger partial charge in [0.05, 0.1) is 12.0 Å². The first-order chi connectivity index (χ1) is 7.84. The van der Waals surface area contributed by atoms with Crippen LogP contribution in [0.4, 0.5) is 0 Å². The van der Waals surface area contributed by atoms with E-state index in [-0.39, 0.29) is 23.7 Å². The van der Waals surface area contributed by atoms with E-state index in [2.05, 4.69) is 5.32 Å². The van der Waals surface area contributed by atoms with E-state index in [4.69, 9.17) is 5.73 Å². The van der Waals surface area contributed by atoms with Crippen LogP contribution in [0.3, 0.4) is 0 Å². The second kappa shape index (κ2) is 7.27. The summed E-state index contributed by atoms with van der Waals surface area (Å²) in [6.07, 6.45) is 0.867. The summed E-state index contributed by atoms with van der Waals surface area (Å²) in [5, 5.41) is 2.56. The van der Waals surface area contributed by atoms with Gasteiger partial charge in [-0.2, -0.15) is 0 Å². The monoisotopic (exact) mass is 243 g/mol. The van der Waals surface area contributed by atoms with Crippen LogP contribution in [-0.4, -0.2) is 43.4 Å². The Morgan fingerprint density at radius 1 is 1.35 bits per heavy atom. The zero-order valence-corrected chi connectivity index (χ0v) is 11.5. The molecule has 3 unspecified atom stereocenters. The summed E-state index contributed by atoms with van der Waals surface area (Å²) < 4.78 is 0. The molecule has 100 valence electrons. The number of hydrogen-bond donors (Lipinski definition) is 2. The molecule has 0 aromatic heterocycles. The number of carbonyl (C=O) groups excluding carboxylic acids is 2. The van der Waals surface area contributed by atoms with Gasteiger partial charge in [-0.25, -0.2) is 0 Å². The van der Waals surface area contributed by atoms with Gasteiger partial charge in [0.25, 0.3) is 0 Å². The number of nitrogens with two attached hydrogens (primary N) is 1. The summed E-state index contributed by atoms with van der Waals surface area (Å²) in [4.78, 5) is 24.8. The summed E-state index contributed by atoms with van der Waals surface area (Å²) in [5.41, 5.74) is 5.86. The van der Waals surface area contributed by atoms with Crippen molar-refractivity contribution in [2.75, 3.05) is 20.6 Å². The minimum atomic E-state index is -0.484. The summed E-state index contributed by atoms with van der Waals surface area (Å²) in [5.74, 6) is -0.241. The van der Waals surface area contributed by atoms with Crippen molar-refractivity contribution >= 4 is 11.8 Å². The predicted molar refractivity (Wildman–Crippen MR) is 68.3 cm³/mol. The molecule has 0 rings (SSSR count). The highest BCUT2D eigenvalue weighted by atomic mass is 16.2. The van der Waals surface area contributed by atoms with E-state index in [1.54, 1.807) is 21.0 Å². The molecule has 0 aliphatic rings. The van der Waals surface area contributed by atoms with Crippen LogP contribution in [0.2, 0.25) is 0 Å². The van der Waals surface area contributed by atoms with E-state index in [1.807, 2.05) is 13.8 Å². The van der Waals surface area contributed by atoms with Crippen molar-refractivity contribution in [2.45, 2.75) is 33.2 Å². The van der Waals surface area contributed by atoms with Crippen LogP contribution in [0.5, 0.6) is 0 Å². The minimum absolute atomic E-state index is 0.0678. The van der Waals surface area contributed by atoms with Gasteiger partial charge in [-0.3, -0.25) is 9.59 Å². The van der Waals surface area contributed by atoms with Crippen LogP contribution in [0.15, 0.2) is 0 Å². The van der Waals surface area contributed by atoms with E-state index < -0.39 is 6.04 Å². The summed E-state index contributed by atoms with van der Waals surface area (Å²) in [7, 11) is 3.27. The summed E-state index contributed by atoms with van der Waals surface area (Å²) >= 11 is 0. The van der Waals surface area contributed by atoms with Crippen molar-refractivity contribution in [1.29, 1.82) is 0 Å². The van der Waals surface area contributed by atoms with E-state index in [0.717, 1.165) is 6.42 Å². The van der Waals surface area contributed by atoms with Gasteiger partial charge in [0.2, 0.25) is 11.8 Å². The first-order valence-electron chi connectivity index (χ1n) is 6.07. The molecule has 3 N–H and O–H groups in total. The Hall–Kier alpha value is -1.10. The lowest BCUT2D eigenvalue weighted by atomic mass is 9.98. The zero-order valence-electron chi connectivity index (χ0n) is 11.5. The van der Waals surface area contributed by atoms with Crippen LogP contribution in [0.25, 0.3) is 0 Å². The highest BCUT2D eigenvalue weighted by Gasteiger charge is 2.24. The fourth-order valence-electron chi connectivity index (χ4n) is 1.58. The Bertz CT molecular complexity index is 268. The fourth-order valence-corrected chi connectivity index (χ4v) is 1.58. The number of hydrogen-bond acceptors (Lipinski definition) is 3. The maximum absolute atomic E-state index is 12.0. The molecule has 0 aliphatic carbocycles. The Morgan fingerprint density at radius 3 is 2.29 bits per heavy atom. The molecule has 0 aromatic rings. The lowest BCUT2D eigenvalue weighted by Crippen LogP contribution is -2.47. The van der Waals surface area contributed by atoms with Crippen molar-refractivity contribution in [3.63, 3.8) is 0 Å². The number of rotatable bonds is 6. The molecule has 3 atom stereocenters. The van der Waals surface area contributed by atoms with Gasteiger partial charge in [-0.05, 0) is 5.92 Å². The molecule has 0 radical (unpaired) electrons. The van der Waals surface area contributed by atoms with Crippen LogP contribution in [-0.2, 0) is 9.59 Å². The fraction of sp³-hybridized carbons (Fsp3) is 0.833. The molecule has 2 amide bonds. The summed E-state index contributed by atoms with van der Waals surface area (Å²) in [6.45, 7) is 6.14. The van der Waals surface area contributed by atoms with Gasteiger partial charge in [-0.15, -0.1) is 0 Å². The number of likely N-dealkylation sites (N-methyl/N-ethyl adjacent to an activating group) is 1. The SMILES string of the molecule is CCC(C)C(N)C(=O)N(C)CC(C)C(=O)NC. The third kappa shape index (κ3) is 4.73. The maximum Gasteiger partial charge on any atom is 0.239 e. The van der Waals surface area contributed by atoms with Crippen molar-refractivity contribution < 1.29 is 9.59 Å². The number of carbonyl (C=O) groups is 2. The highest BCUT2D eigenvalue weighted by Crippen LogP contribution is 2.09. The molecule has 0 heterocycles. The minimum Gasteiger partial charge on any atom is -0.359 e. The molecule has 0 aromatic carbocycles.